The van der Waals surface area contributed by atoms with Gasteiger partial charge in [-0.3, -0.25) is 4.79 Å². The second-order valence-electron chi connectivity index (χ2n) is 7.58. The third-order valence-corrected chi connectivity index (χ3v) is 4.14. The van der Waals surface area contributed by atoms with Crippen molar-refractivity contribution < 1.29 is 14.1 Å². The number of nitrogens with zero attached hydrogens (tertiary/aromatic N) is 2. The van der Waals surface area contributed by atoms with Gasteiger partial charge >= 0.3 is 0 Å². The van der Waals surface area contributed by atoms with Gasteiger partial charge in [-0.2, -0.15) is 4.98 Å². The number of carbonyl (C=O) groups excluding carboxylic acids is 1. The number of amides is 1. The molecule has 1 amide bonds. The minimum absolute atomic E-state index is 0.0378. The van der Waals surface area contributed by atoms with Crippen molar-refractivity contribution in [1.82, 2.24) is 10.1 Å². The number of anilines is 2. The molecule has 1 aromatic heterocycles. The molecule has 0 unspecified atom stereocenters. The lowest BCUT2D eigenvalue weighted by molar-refractivity contribution is -0.123. The molecular weight excluding hydrogens is 368 g/mol. The Labute approximate surface area is 170 Å². The van der Waals surface area contributed by atoms with E-state index in [0.29, 0.717) is 24.9 Å². The third kappa shape index (κ3) is 5.34. The van der Waals surface area contributed by atoms with Gasteiger partial charge in [0.1, 0.15) is 5.75 Å². The first-order valence-electron chi connectivity index (χ1n) is 9.57. The van der Waals surface area contributed by atoms with Gasteiger partial charge in [0, 0.05) is 16.8 Å². The van der Waals surface area contributed by atoms with Crippen LogP contribution in [0, 0.1) is 5.41 Å². The number of nitrogens with one attached hydrogen (secondary N) is 2. The van der Waals surface area contributed by atoms with Crippen molar-refractivity contribution in [2.75, 3.05) is 17.2 Å². The largest absolute Gasteiger partial charge is 0.493 e. The molecule has 3 aromatic rings. The second-order valence-corrected chi connectivity index (χ2v) is 7.58. The number of hydrogen-bond acceptors (Lipinski definition) is 6. The van der Waals surface area contributed by atoms with Crippen LogP contribution in [0.25, 0.3) is 11.4 Å². The average molecular weight is 394 g/mol. The van der Waals surface area contributed by atoms with Crippen LogP contribution in [-0.4, -0.2) is 22.7 Å². The summed E-state index contributed by atoms with van der Waals surface area (Å²) in [4.78, 5) is 16.6. The first-order chi connectivity index (χ1) is 13.9. The summed E-state index contributed by atoms with van der Waals surface area (Å²) in [6.45, 7) is 8.48. The molecule has 152 valence electrons. The van der Waals surface area contributed by atoms with E-state index in [1.165, 1.54) is 0 Å². The molecule has 0 atom stereocenters. The summed E-state index contributed by atoms with van der Waals surface area (Å²) >= 11 is 0. The van der Waals surface area contributed by atoms with Crippen molar-refractivity contribution in [3.63, 3.8) is 0 Å². The van der Waals surface area contributed by atoms with Crippen LogP contribution in [-0.2, 0) is 11.3 Å². The Morgan fingerprint density at radius 3 is 2.62 bits per heavy atom. The fourth-order valence-corrected chi connectivity index (χ4v) is 2.57. The van der Waals surface area contributed by atoms with E-state index in [4.69, 9.17) is 9.26 Å². The molecule has 7 heteroatoms. The number of para-hydroxylation sites is 1. The minimum atomic E-state index is -0.457. The Balaban J connectivity index is 1.66. The molecule has 0 bridgehead atoms. The van der Waals surface area contributed by atoms with Crippen LogP contribution in [0.2, 0.25) is 0 Å². The zero-order chi connectivity index (χ0) is 20.9. The predicted octanol–water partition coefficient (Wildman–Crippen LogP) is 4.73. The summed E-state index contributed by atoms with van der Waals surface area (Å²) in [6.07, 6.45) is 0. The van der Waals surface area contributed by atoms with Crippen LogP contribution >= 0.6 is 0 Å². The van der Waals surface area contributed by atoms with Crippen molar-refractivity contribution in [1.29, 1.82) is 0 Å². The van der Waals surface area contributed by atoms with Crippen LogP contribution in [0.3, 0.4) is 0 Å². The Bertz CT molecular complexity index is 976. The van der Waals surface area contributed by atoms with Crippen LogP contribution in [0.1, 0.15) is 33.6 Å². The predicted molar refractivity (Wildman–Crippen MR) is 113 cm³/mol. The maximum absolute atomic E-state index is 12.2. The molecule has 0 aliphatic heterocycles. The normalized spacial score (nSPS) is 11.2. The molecule has 0 saturated carbocycles. The number of aromatic nitrogens is 2. The summed E-state index contributed by atoms with van der Waals surface area (Å²) in [5.74, 6) is 1.62. The van der Waals surface area contributed by atoms with Crippen molar-refractivity contribution in [2.24, 2.45) is 5.41 Å². The van der Waals surface area contributed by atoms with Gasteiger partial charge in [0.25, 0.3) is 0 Å². The highest BCUT2D eigenvalue weighted by atomic mass is 16.5. The van der Waals surface area contributed by atoms with Crippen molar-refractivity contribution in [3.05, 3.63) is 54.4 Å². The number of carbonyl (C=O) groups is 1. The summed E-state index contributed by atoms with van der Waals surface area (Å²) in [5.41, 5.74) is 1.90. The molecule has 1 heterocycles. The fourth-order valence-electron chi connectivity index (χ4n) is 2.57. The van der Waals surface area contributed by atoms with Gasteiger partial charge in [-0.25, -0.2) is 0 Å². The smallest absolute Gasteiger partial charge is 0.246 e. The van der Waals surface area contributed by atoms with Gasteiger partial charge in [-0.05, 0) is 37.3 Å². The molecule has 29 heavy (non-hydrogen) atoms. The van der Waals surface area contributed by atoms with Gasteiger partial charge in [0.2, 0.25) is 17.6 Å². The molecule has 0 fully saturated rings. The molecule has 0 aliphatic carbocycles. The highest BCUT2D eigenvalue weighted by Gasteiger charge is 2.21. The van der Waals surface area contributed by atoms with Gasteiger partial charge in [0.05, 0.1) is 18.7 Å². The van der Waals surface area contributed by atoms with E-state index in [2.05, 4.69) is 20.8 Å². The molecule has 0 saturated heterocycles. The maximum atomic E-state index is 12.2. The third-order valence-electron chi connectivity index (χ3n) is 4.14. The summed E-state index contributed by atoms with van der Waals surface area (Å²) in [7, 11) is 0. The molecule has 0 spiro atoms. The lowest BCUT2D eigenvalue weighted by Gasteiger charge is -2.18. The summed E-state index contributed by atoms with van der Waals surface area (Å²) in [5, 5.41) is 10.2. The number of ether oxygens (including phenoxy) is 1. The standard InChI is InChI=1S/C22H26N4O3/c1-5-28-18-12-7-6-11-17(18)20-25-19(29-26-20)14-23-15-9-8-10-16(13-15)24-21(27)22(2,3)4/h6-13,23H,5,14H2,1-4H3,(H,24,27). The van der Waals surface area contributed by atoms with E-state index >= 15 is 0 Å². The lowest BCUT2D eigenvalue weighted by atomic mass is 9.95. The first kappa shape index (κ1) is 20.4. The number of rotatable bonds is 7. The van der Waals surface area contributed by atoms with E-state index in [1.54, 1.807) is 0 Å². The van der Waals surface area contributed by atoms with Crippen LogP contribution < -0.4 is 15.4 Å². The molecular formula is C22H26N4O3. The van der Waals surface area contributed by atoms with Crippen LogP contribution in [0.5, 0.6) is 5.75 Å². The molecule has 0 radical (unpaired) electrons. The fraction of sp³-hybridized carbons (Fsp3) is 0.318. The lowest BCUT2D eigenvalue weighted by Crippen LogP contribution is -2.27. The summed E-state index contributed by atoms with van der Waals surface area (Å²) in [6, 6.07) is 15.1. The minimum Gasteiger partial charge on any atom is -0.493 e. The van der Waals surface area contributed by atoms with Crippen LogP contribution in [0.4, 0.5) is 11.4 Å². The van der Waals surface area contributed by atoms with Crippen molar-refractivity contribution in [3.8, 4) is 17.1 Å². The Kier molecular flexibility index (Phi) is 6.16. The molecule has 2 N–H and O–H groups in total. The molecule has 7 nitrogen and oxygen atoms in total. The highest BCUT2D eigenvalue weighted by molar-refractivity contribution is 5.94. The van der Waals surface area contributed by atoms with E-state index in [1.807, 2.05) is 76.2 Å². The van der Waals surface area contributed by atoms with Gasteiger partial charge in [0.15, 0.2) is 0 Å². The zero-order valence-corrected chi connectivity index (χ0v) is 17.2. The Morgan fingerprint density at radius 2 is 1.86 bits per heavy atom. The van der Waals surface area contributed by atoms with E-state index in [-0.39, 0.29) is 5.91 Å². The van der Waals surface area contributed by atoms with Crippen LogP contribution in [0.15, 0.2) is 53.1 Å². The Morgan fingerprint density at radius 1 is 1.10 bits per heavy atom. The van der Waals surface area contributed by atoms with Gasteiger partial charge in [-0.15, -0.1) is 0 Å². The average Bonchev–Trinajstić information content (AvgIpc) is 3.15. The van der Waals surface area contributed by atoms with E-state index in [0.717, 1.165) is 22.7 Å². The highest BCUT2D eigenvalue weighted by Crippen LogP contribution is 2.27. The first-order valence-corrected chi connectivity index (χ1v) is 9.57. The quantitative estimate of drug-likeness (QED) is 0.602. The monoisotopic (exact) mass is 394 g/mol. The van der Waals surface area contributed by atoms with E-state index < -0.39 is 5.41 Å². The molecule has 2 aromatic carbocycles. The van der Waals surface area contributed by atoms with Gasteiger partial charge in [-0.1, -0.05) is 44.1 Å². The Hall–Kier alpha value is -3.35. The van der Waals surface area contributed by atoms with Crippen molar-refractivity contribution >= 4 is 17.3 Å². The SMILES string of the molecule is CCOc1ccccc1-c1noc(CNc2cccc(NC(=O)C(C)(C)C)c2)n1. The molecule has 0 aliphatic rings. The number of hydrogen-bond donors (Lipinski definition) is 2. The van der Waals surface area contributed by atoms with Gasteiger partial charge < -0.3 is 19.9 Å². The maximum Gasteiger partial charge on any atom is 0.246 e. The summed E-state index contributed by atoms with van der Waals surface area (Å²) < 4.78 is 11.0. The molecule has 3 rings (SSSR count). The number of benzene rings is 2. The second kappa shape index (κ2) is 8.77. The topological polar surface area (TPSA) is 89.3 Å². The van der Waals surface area contributed by atoms with Crippen molar-refractivity contribution in [2.45, 2.75) is 34.2 Å². The van der Waals surface area contributed by atoms with E-state index in [9.17, 15) is 4.79 Å². The zero-order valence-electron chi connectivity index (χ0n) is 17.2.